The molecule has 4 rings (SSSR count). The number of benzene rings is 1. The van der Waals surface area contributed by atoms with Crippen LogP contribution in [0.4, 0.5) is 0 Å². The number of rotatable bonds is 5. The van der Waals surface area contributed by atoms with Gasteiger partial charge in [-0.1, -0.05) is 17.3 Å². The standard InChI is InChI=1S/C21H24N4O3/c1-13-17(14(2)28-24-13)7-8-20(26)25-10-9-19-18(12-25)21(23-22-19)15-5-4-6-16(11-15)27-3/h4-6,11H,7-10,12H2,1-3H3,(H,22,23). The molecule has 0 radical (unpaired) electrons. The van der Waals surface area contributed by atoms with Crippen LogP contribution in [0.2, 0.25) is 0 Å². The van der Waals surface area contributed by atoms with Crippen LogP contribution in [0.3, 0.4) is 0 Å². The van der Waals surface area contributed by atoms with Gasteiger partial charge in [-0.25, -0.2) is 0 Å². The Morgan fingerprint density at radius 2 is 2.21 bits per heavy atom. The zero-order valence-electron chi connectivity index (χ0n) is 16.4. The first-order valence-electron chi connectivity index (χ1n) is 9.47. The van der Waals surface area contributed by atoms with Gasteiger partial charge in [0.25, 0.3) is 0 Å². The number of aromatic nitrogens is 3. The number of fused-ring (bicyclic) bond motifs is 1. The number of nitrogens with one attached hydrogen (secondary N) is 1. The van der Waals surface area contributed by atoms with Gasteiger partial charge >= 0.3 is 0 Å². The molecule has 0 fully saturated rings. The van der Waals surface area contributed by atoms with Crippen LogP contribution in [-0.4, -0.2) is 39.8 Å². The quantitative estimate of drug-likeness (QED) is 0.735. The Morgan fingerprint density at radius 3 is 2.96 bits per heavy atom. The van der Waals surface area contributed by atoms with E-state index in [-0.39, 0.29) is 5.91 Å². The zero-order valence-corrected chi connectivity index (χ0v) is 16.4. The van der Waals surface area contributed by atoms with E-state index >= 15 is 0 Å². The van der Waals surface area contributed by atoms with Crippen molar-refractivity contribution in [1.82, 2.24) is 20.3 Å². The molecule has 3 aromatic rings. The van der Waals surface area contributed by atoms with Crippen molar-refractivity contribution in [1.29, 1.82) is 0 Å². The average molecular weight is 380 g/mol. The molecule has 1 aromatic carbocycles. The Kier molecular flexibility index (Phi) is 4.90. The third kappa shape index (κ3) is 3.40. The average Bonchev–Trinajstić information content (AvgIpc) is 3.28. The summed E-state index contributed by atoms with van der Waals surface area (Å²) in [5.41, 5.74) is 5.96. The van der Waals surface area contributed by atoms with E-state index in [1.165, 1.54) is 0 Å². The number of H-pyrrole nitrogens is 1. The number of ether oxygens (including phenoxy) is 1. The van der Waals surface area contributed by atoms with E-state index in [0.29, 0.717) is 25.9 Å². The number of hydrogen-bond acceptors (Lipinski definition) is 5. The van der Waals surface area contributed by atoms with E-state index in [2.05, 4.69) is 15.4 Å². The number of aromatic amines is 1. The largest absolute Gasteiger partial charge is 0.497 e. The molecule has 1 N–H and O–H groups in total. The van der Waals surface area contributed by atoms with Gasteiger partial charge in [-0.05, 0) is 32.4 Å². The van der Waals surface area contributed by atoms with Crippen molar-refractivity contribution >= 4 is 5.91 Å². The summed E-state index contributed by atoms with van der Waals surface area (Å²) in [5, 5.41) is 11.6. The number of aryl methyl sites for hydroxylation is 2. The third-order valence-electron chi connectivity index (χ3n) is 5.40. The monoisotopic (exact) mass is 380 g/mol. The van der Waals surface area contributed by atoms with Crippen LogP contribution in [0, 0.1) is 13.8 Å². The van der Waals surface area contributed by atoms with E-state index in [1.807, 2.05) is 43.0 Å². The van der Waals surface area contributed by atoms with Gasteiger partial charge in [0.05, 0.1) is 18.5 Å². The molecule has 1 aliphatic rings. The molecular formula is C21H24N4O3. The Morgan fingerprint density at radius 1 is 1.36 bits per heavy atom. The van der Waals surface area contributed by atoms with Crippen LogP contribution in [-0.2, 0) is 24.2 Å². The van der Waals surface area contributed by atoms with E-state index in [0.717, 1.165) is 51.7 Å². The highest BCUT2D eigenvalue weighted by Crippen LogP contribution is 2.30. The minimum atomic E-state index is 0.142. The number of amides is 1. The highest BCUT2D eigenvalue weighted by Gasteiger charge is 2.26. The molecule has 1 aliphatic heterocycles. The molecule has 0 aliphatic carbocycles. The summed E-state index contributed by atoms with van der Waals surface area (Å²) < 4.78 is 10.5. The molecule has 3 heterocycles. The Balaban J connectivity index is 1.49. The summed E-state index contributed by atoms with van der Waals surface area (Å²) in [6.45, 7) is 5.07. The van der Waals surface area contributed by atoms with Gasteiger partial charge in [0, 0.05) is 48.3 Å². The molecule has 28 heavy (non-hydrogen) atoms. The molecule has 0 saturated heterocycles. The topological polar surface area (TPSA) is 84.2 Å². The predicted molar refractivity (Wildman–Crippen MR) is 104 cm³/mol. The summed E-state index contributed by atoms with van der Waals surface area (Å²) in [4.78, 5) is 14.7. The molecular weight excluding hydrogens is 356 g/mol. The van der Waals surface area contributed by atoms with Crippen molar-refractivity contribution < 1.29 is 14.1 Å². The fourth-order valence-corrected chi connectivity index (χ4v) is 3.77. The molecule has 0 unspecified atom stereocenters. The van der Waals surface area contributed by atoms with Crippen molar-refractivity contribution in [2.45, 2.75) is 39.7 Å². The van der Waals surface area contributed by atoms with Gasteiger partial charge in [0.1, 0.15) is 11.5 Å². The third-order valence-corrected chi connectivity index (χ3v) is 5.40. The van der Waals surface area contributed by atoms with Gasteiger partial charge < -0.3 is 14.2 Å². The molecule has 0 bridgehead atoms. The van der Waals surface area contributed by atoms with E-state index in [9.17, 15) is 4.79 Å². The normalized spacial score (nSPS) is 13.5. The van der Waals surface area contributed by atoms with Crippen molar-refractivity contribution in [2.24, 2.45) is 0 Å². The van der Waals surface area contributed by atoms with Crippen LogP contribution in [0.15, 0.2) is 28.8 Å². The molecule has 0 atom stereocenters. The fraction of sp³-hybridized carbons (Fsp3) is 0.381. The molecule has 1 amide bonds. The van der Waals surface area contributed by atoms with Crippen LogP contribution in [0.1, 0.15) is 34.7 Å². The zero-order chi connectivity index (χ0) is 19.7. The lowest BCUT2D eigenvalue weighted by Crippen LogP contribution is -2.36. The second-order valence-electron chi connectivity index (χ2n) is 7.13. The second-order valence-corrected chi connectivity index (χ2v) is 7.13. The number of hydrogen-bond donors (Lipinski definition) is 1. The van der Waals surface area contributed by atoms with Crippen LogP contribution < -0.4 is 4.74 Å². The Hall–Kier alpha value is -3.09. The minimum Gasteiger partial charge on any atom is -0.497 e. The highest BCUT2D eigenvalue weighted by atomic mass is 16.5. The number of carbonyl (C=O) groups excluding carboxylic acids is 1. The van der Waals surface area contributed by atoms with E-state index in [4.69, 9.17) is 9.26 Å². The maximum atomic E-state index is 12.8. The van der Waals surface area contributed by atoms with Gasteiger partial charge in [-0.15, -0.1) is 0 Å². The summed E-state index contributed by atoms with van der Waals surface area (Å²) in [5.74, 6) is 1.72. The molecule has 0 spiro atoms. The Bertz CT molecular complexity index is 986. The fourth-order valence-electron chi connectivity index (χ4n) is 3.77. The molecule has 7 nitrogen and oxygen atoms in total. The van der Waals surface area contributed by atoms with Crippen molar-refractivity contribution in [2.75, 3.05) is 13.7 Å². The summed E-state index contributed by atoms with van der Waals surface area (Å²) in [7, 11) is 1.65. The minimum absolute atomic E-state index is 0.142. The number of methoxy groups -OCH3 is 1. The molecule has 7 heteroatoms. The van der Waals surface area contributed by atoms with Gasteiger partial charge in [0.15, 0.2) is 0 Å². The smallest absolute Gasteiger partial charge is 0.223 e. The lowest BCUT2D eigenvalue weighted by Gasteiger charge is -2.27. The number of nitrogens with zero attached hydrogens (tertiary/aromatic N) is 3. The second kappa shape index (κ2) is 7.50. The summed E-state index contributed by atoms with van der Waals surface area (Å²) in [6, 6.07) is 7.84. The highest BCUT2D eigenvalue weighted by molar-refractivity contribution is 5.77. The van der Waals surface area contributed by atoms with Gasteiger partial charge in [0.2, 0.25) is 5.91 Å². The van der Waals surface area contributed by atoms with Crippen molar-refractivity contribution in [3.63, 3.8) is 0 Å². The van der Waals surface area contributed by atoms with Crippen LogP contribution >= 0.6 is 0 Å². The van der Waals surface area contributed by atoms with Crippen LogP contribution in [0.5, 0.6) is 5.75 Å². The van der Waals surface area contributed by atoms with Crippen molar-refractivity contribution in [3.05, 3.63) is 52.5 Å². The molecule has 0 saturated carbocycles. The lowest BCUT2D eigenvalue weighted by atomic mass is 10.00. The Labute approximate surface area is 163 Å². The number of carbonyl (C=O) groups is 1. The van der Waals surface area contributed by atoms with E-state index in [1.54, 1.807) is 7.11 Å². The van der Waals surface area contributed by atoms with E-state index < -0.39 is 0 Å². The van der Waals surface area contributed by atoms with Gasteiger partial charge in [-0.2, -0.15) is 5.10 Å². The van der Waals surface area contributed by atoms with Crippen molar-refractivity contribution in [3.8, 4) is 17.0 Å². The molecule has 146 valence electrons. The SMILES string of the molecule is COc1cccc(-c2n[nH]c3c2CN(C(=O)CCc2c(C)noc2C)CC3)c1. The molecule has 2 aromatic heterocycles. The summed E-state index contributed by atoms with van der Waals surface area (Å²) >= 11 is 0. The maximum Gasteiger partial charge on any atom is 0.223 e. The van der Waals surface area contributed by atoms with Gasteiger partial charge in [-0.3, -0.25) is 9.89 Å². The first-order valence-corrected chi connectivity index (χ1v) is 9.47. The first-order chi connectivity index (χ1) is 13.6. The predicted octanol–water partition coefficient (Wildman–Crippen LogP) is 3.21. The lowest BCUT2D eigenvalue weighted by molar-refractivity contribution is -0.132. The maximum absolute atomic E-state index is 12.8. The summed E-state index contributed by atoms with van der Waals surface area (Å²) in [6.07, 6.45) is 1.88. The first kappa shape index (κ1) is 18.3. The van der Waals surface area contributed by atoms with Crippen LogP contribution in [0.25, 0.3) is 11.3 Å².